The van der Waals surface area contributed by atoms with E-state index in [1.54, 1.807) is 36.4 Å². The SMILES string of the molecule is CC(C)C(NC(=O)Nc1ccccc1)C(=O)N(C)CC(=O)Nc1ccccc1Br. The Kier molecular flexibility index (Phi) is 8.21. The topological polar surface area (TPSA) is 90.5 Å². The summed E-state index contributed by atoms with van der Waals surface area (Å²) in [5.41, 5.74) is 1.25. The number of rotatable bonds is 7. The number of nitrogens with one attached hydrogen (secondary N) is 3. The third kappa shape index (κ3) is 6.90. The van der Waals surface area contributed by atoms with Crippen molar-refractivity contribution in [3.8, 4) is 0 Å². The molecule has 0 aromatic heterocycles. The van der Waals surface area contributed by atoms with Crippen LogP contribution in [-0.4, -0.2) is 42.4 Å². The highest BCUT2D eigenvalue weighted by molar-refractivity contribution is 9.10. The normalized spacial score (nSPS) is 11.5. The summed E-state index contributed by atoms with van der Waals surface area (Å²) in [5, 5.41) is 8.15. The second-order valence-corrected chi connectivity index (χ2v) is 7.76. The van der Waals surface area contributed by atoms with E-state index in [9.17, 15) is 14.4 Å². The van der Waals surface area contributed by atoms with Gasteiger partial charge in [0.15, 0.2) is 0 Å². The van der Waals surface area contributed by atoms with Gasteiger partial charge in [-0.3, -0.25) is 9.59 Å². The molecule has 0 heterocycles. The first-order chi connectivity index (χ1) is 13.8. The van der Waals surface area contributed by atoms with Crippen LogP contribution in [0.3, 0.4) is 0 Å². The largest absolute Gasteiger partial charge is 0.335 e. The maximum Gasteiger partial charge on any atom is 0.319 e. The Labute approximate surface area is 179 Å². The molecule has 2 aromatic carbocycles. The van der Waals surface area contributed by atoms with Crippen molar-refractivity contribution in [3.05, 3.63) is 59.1 Å². The summed E-state index contributed by atoms with van der Waals surface area (Å²) in [6, 6.07) is 14.9. The Bertz CT molecular complexity index is 858. The summed E-state index contributed by atoms with van der Waals surface area (Å²) in [6.07, 6.45) is 0. The van der Waals surface area contributed by atoms with Crippen LogP contribution in [-0.2, 0) is 9.59 Å². The lowest BCUT2D eigenvalue weighted by Gasteiger charge is -2.27. The van der Waals surface area contributed by atoms with Crippen LogP contribution < -0.4 is 16.0 Å². The Balaban J connectivity index is 1.95. The van der Waals surface area contributed by atoms with E-state index in [1.165, 1.54) is 11.9 Å². The molecule has 0 aliphatic heterocycles. The van der Waals surface area contributed by atoms with Gasteiger partial charge < -0.3 is 20.9 Å². The fourth-order valence-electron chi connectivity index (χ4n) is 2.63. The molecular formula is C21H25BrN4O3. The first kappa shape index (κ1) is 22.4. The average Bonchev–Trinajstić information content (AvgIpc) is 2.68. The van der Waals surface area contributed by atoms with Crippen molar-refractivity contribution >= 4 is 45.2 Å². The van der Waals surface area contributed by atoms with Crippen LogP contribution in [0.25, 0.3) is 0 Å². The molecule has 0 saturated heterocycles. The minimum absolute atomic E-state index is 0.134. The van der Waals surface area contributed by atoms with Gasteiger partial charge in [-0.15, -0.1) is 0 Å². The van der Waals surface area contributed by atoms with Gasteiger partial charge in [-0.1, -0.05) is 44.2 Å². The predicted octanol–water partition coefficient (Wildman–Crippen LogP) is 3.69. The van der Waals surface area contributed by atoms with E-state index in [0.29, 0.717) is 11.4 Å². The van der Waals surface area contributed by atoms with Crippen LogP contribution >= 0.6 is 15.9 Å². The third-order valence-corrected chi connectivity index (χ3v) is 4.85. The molecule has 154 valence electrons. The summed E-state index contributed by atoms with van der Waals surface area (Å²) in [5.74, 6) is -0.827. The zero-order valence-electron chi connectivity index (χ0n) is 16.6. The Hall–Kier alpha value is -2.87. The summed E-state index contributed by atoms with van der Waals surface area (Å²) in [7, 11) is 1.54. The Morgan fingerprint density at radius 3 is 2.21 bits per heavy atom. The molecule has 0 bridgehead atoms. The minimum Gasteiger partial charge on any atom is -0.335 e. The summed E-state index contributed by atoms with van der Waals surface area (Å²) >= 11 is 3.37. The molecule has 8 heteroatoms. The maximum absolute atomic E-state index is 12.8. The number of halogens is 1. The van der Waals surface area contributed by atoms with Gasteiger partial charge in [0.05, 0.1) is 12.2 Å². The number of benzene rings is 2. The Morgan fingerprint density at radius 2 is 1.59 bits per heavy atom. The van der Waals surface area contributed by atoms with E-state index in [-0.39, 0.29) is 24.3 Å². The molecule has 0 aliphatic rings. The van der Waals surface area contributed by atoms with Crippen LogP contribution in [0.4, 0.5) is 16.2 Å². The predicted molar refractivity (Wildman–Crippen MR) is 118 cm³/mol. The van der Waals surface area contributed by atoms with Gasteiger partial charge >= 0.3 is 6.03 Å². The average molecular weight is 461 g/mol. The fraction of sp³-hybridized carbons (Fsp3) is 0.286. The molecule has 7 nitrogen and oxygen atoms in total. The van der Waals surface area contributed by atoms with E-state index in [4.69, 9.17) is 0 Å². The van der Waals surface area contributed by atoms with Gasteiger partial charge in [0.1, 0.15) is 6.04 Å². The molecular weight excluding hydrogens is 436 g/mol. The standard InChI is InChI=1S/C21H25BrN4O3/c1-14(2)19(25-21(29)23-15-9-5-4-6-10-15)20(28)26(3)13-18(27)24-17-12-8-7-11-16(17)22/h4-12,14,19H,13H2,1-3H3,(H,24,27)(H2,23,25,29). The lowest BCUT2D eigenvalue weighted by Crippen LogP contribution is -2.52. The third-order valence-electron chi connectivity index (χ3n) is 4.16. The smallest absolute Gasteiger partial charge is 0.319 e. The molecule has 0 radical (unpaired) electrons. The van der Waals surface area contributed by atoms with Crippen LogP contribution in [0.2, 0.25) is 0 Å². The number of anilines is 2. The molecule has 4 amide bonds. The van der Waals surface area contributed by atoms with E-state index < -0.39 is 12.1 Å². The van der Waals surface area contributed by atoms with Gasteiger partial charge in [0.2, 0.25) is 11.8 Å². The monoisotopic (exact) mass is 460 g/mol. The summed E-state index contributed by atoms with van der Waals surface area (Å²) in [6.45, 7) is 3.53. The number of hydrogen-bond donors (Lipinski definition) is 3. The van der Waals surface area contributed by atoms with Crippen molar-refractivity contribution in [1.82, 2.24) is 10.2 Å². The van der Waals surface area contributed by atoms with Crippen molar-refractivity contribution in [1.29, 1.82) is 0 Å². The number of likely N-dealkylation sites (N-methyl/N-ethyl adjacent to an activating group) is 1. The zero-order chi connectivity index (χ0) is 21.4. The molecule has 0 saturated carbocycles. The van der Waals surface area contributed by atoms with Gasteiger partial charge in [0.25, 0.3) is 0 Å². The number of carbonyl (C=O) groups is 3. The summed E-state index contributed by atoms with van der Waals surface area (Å²) < 4.78 is 0.752. The lowest BCUT2D eigenvalue weighted by molar-refractivity contribution is -0.135. The quantitative estimate of drug-likeness (QED) is 0.588. The van der Waals surface area contributed by atoms with Gasteiger partial charge in [-0.25, -0.2) is 4.79 Å². The van der Waals surface area contributed by atoms with Crippen molar-refractivity contribution < 1.29 is 14.4 Å². The lowest BCUT2D eigenvalue weighted by atomic mass is 10.0. The van der Waals surface area contributed by atoms with Crippen LogP contribution in [0, 0.1) is 5.92 Å². The van der Waals surface area contributed by atoms with Crippen LogP contribution in [0.5, 0.6) is 0 Å². The zero-order valence-corrected chi connectivity index (χ0v) is 18.2. The maximum atomic E-state index is 12.8. The van der Waals surface area contributed by atoms with Crippen LogP contribution in [0.1, 0.15) is 13.8 Å². The summed E-state index contributed by atoms with van der Waals surface area (Å²) in [4.78, 5) is 38.7. The molecule has 0 fully saturated rings. The van der Waals surface area contributed by atoms with Crippen LogP contribution in [0.15, 0.2) is 59.1 Å². The fourth-order valence-corrected chi connectivity index (χ4v) is 3.01. The van der Waals surface area contributed by atoms with Crippen molar-refractivity contribution in [2.75, 3.05) is 24.2 Å². The molecule has 1 unspecified atom stereocenters. The van der Waals surface area contributed by atoms with E-state index in [2.05, 4.69) is 31.9 Å². The van der Waals surface area contributed by atoms with E-state index >= 15 is 0 Å². The van der Waals surface area contributed by atoms with Crippen molar-refractivity contribution in [3.63, 3.8) is 0 Å². The first-order valence-corrected chi connectivity index (χ1v) is 9.99. The second-order valence-electron chi connectivity index (χ2n) is 6.91. The molecule has 0 aliphatic carbocycles. The van der Waals surface area contributed by atoms with Crippen molar-refractivity contribution in [2.45, 2.75) is 19.9 Å². The highest BCUT2D eigenvalue weighted by atomic mass is 79.9. The number of para-hydroxylation sites is 2. The number of amides is 4. The highest BCUT2D eigenvalue weighted by Gasteiger charge is 2.28. The molecule has 1 atom stereocenters. The number of carbonyl (C=O) groups excluding carboxylic acids is 3. The minimum atomic E-state index is -0.764. The number of nitrogens with zero attached hydrogens (tertiary/aromatic N) is 1. The first-order valence-electron chi connectivity index (χ1n) is 9.20. The molecule has 0 spiro atoms. The number of urea groups is 1. The Morgan fingerprint density at radius 1 is 0.966 bits per heavy atom. The number of hydrogen-bond acceptors (Lipinski definition) is 3. The molecule has 2 rings (SSSR count). The van der Waals surface area contributed by atoms with E-state index in [1.807, 2.05) is 32.0 Å². The highest BCUT2D eigenvalue weighted by Crippen LogP contribution is 2.21. The second kappa shape index (κ2) is 10.6. The molecule has 3 N–H and O–H groups in total. The molecule has 29 heavy (non-hydrogen) atoms. The van der Waals surface area contributed by atoms with Gasteiger partial charge in [-0.05, 0) is 46.1 Å². The van der Waals surface area contributed by atoms with E-state index in [0.717, 1.165) is 4.47 Å². The van der Waals surface area contributed by atoms with Gasteiger partial charge in [0, 0.05) is 17.2 Å². The van der Waals surface area contributed by atoms with Crippen molar-refractivity contribution in [2.24, 2.45) is 5.92 Å². The van der Waals surface area contributed by atoms with Gasteiger partial charge in [-0.2, -0.15) is 0 Å². The molecule has 2 aromatic rings.